The standard InChI is InChI=1S/C28H31ClF2N2O3S/c1-36-22-5-6-27-25(15-22)24(26(29)16-32-27)4-2-3-18-7-8-33(17-19(18)11-28(34)35)9-10-37-23-13-20(30)12-21(31)14-23/h5-6,12-16,18-19H,2-4,7-11,17H2,1H3,(H,34,35)/t18-,19+/m1/s1. The van der Waals surface area contributed by atoms with Crippen LogP contribution in [-0.2, 0) is 11.2 Å². The van der Waals surface area contributed by atoms with Crippen molar-refractivity contribution in [2.45, 2.75) is 37.0 Å². The maximum absolute atomic E-state index is 13.4. The number of halogens is 3. The molecule has 1 fully saturated rings. The van der Waals surface area contributed by atoms with Gasteiger partial charge in [-0.05, 0) is 80.0 Å². The lowest BCUT2D eigenvalue weighted by molar-refractivity contribution is -0.139. The fraction of sp³-hybridized carbons (Fsp3) is 0.429. The highest BCUT2D eigenvalue weighted by atomic mass is 35.5. The molecule has 1 aromatic heterocycles. The van der Waals surface area contributed by atoms with Crippen LogP contribution in [0.1, 0.15) is 31.2 Å². The number of thioether (sulfide) groups is 1. The number of pyridine rings is 1. The highest BCUT2D eigenvalue weighted by Gasteiger charge is 2.30. The van der Waals surface area contributed by atoms with Crippen LogP contribution < -0.4 is 4.74 Å². The summed E-state index contributed by atoms with van der Waals surface area (Å²) in [6.07, 6.45) is 5.36. The summed E-state index contributed by atoms with van der Waals surface area (Å²) in [4.78, 5) is 18.9. The molecule has 1 aliphatic heterocycles. The van der Waals surface area contributed by atoms with E-state index in [4.69, 9.17) is 16.3 Å². The van der Waals surface area contributed by atoms with Crippen molar-refractivity contribution in [3.05, 3.63) is 64.8 Å². The fourth-order valence-electron chi connectivity index (χ4n) is 5.22. The molecule has 0 bridgehead atoms. The van der Waals surface area contributed by atoms with Crippen LogP contribution in [0.4, 0.5) is 8.78 Å². The molecule has 0 spiro atoms. The maximum atomic E-state index is 13.4. The van der Waals surface area contributed by atoms with E-state index in [1.807, 2.05) is 18.2 Å². The quantitative estimate of drug-likeness (QED) is 0.269. The Morgan fingerprint density at radius 3 is 2.73 bits per heavy atom. The van der Waals surface area contributed by atoms with Crippen LogP contribution in [0.15, 0.2) is 47.5 Å². The van der Waals surface area contributed by atoms with Gasteiger partial charge in [-0.15, -0.1) is 11.8 Å². The van der Waals surface area contributed by atoms with E-state index < -0.39 is 17.6 Å². The van der Waals surface area contributed by atoms with Crippen molar-refractivity contribution in [1.82, 2.24) is 9.88 Å². The first-order chi connectivity index (χ1) is 17.8. The third-order valence-corrected chi connectivity index (χ3v) is 8.34. The second-order valence-electron chi connectivity index (χ2n) is 9.52. The van der Waals surface area contributed by atoms with Gasteiger partial charge in [-0.1, -0.05) is 11.6 Å². The Labute approximate surface area is 225 Å². The van der Waals surface area contributed by atoms with Crippen LogP contribution in [-0.4, -0.2) is 53.5 Å². The summed E-state index contributed by atoms with van der Waals surface area (Å²) in [7, 11) is 1.63. The largest absolute Gasteiger partial charge is 0.497 e. The first-order valence-electron chi connectivity index (χ1n) is 12.5. The zero-order valence-electron chi connectivity index (χ0n) is 20.8. The maximum Gasteiger partial charge on any atom is 0.303 e. The number of ether oxygens (including phenoxy) is 1. The predicted octanol–water partition coefficient (Wildman–Crippen LogP) is 6.70. The van der Waals surface area contributed by atoms with Crippen molar-refractivity contribution in [1.29, 1.82) is 0 Å². The van der Waals surface area contributed by atoms with Gasteiger partial charge in [-0.2, -0.15) is 0 Å². The number of methoxy groups -OCH3 is 1. The van der Waals surface area contributed by atoms with Crippen LogP contribution >= 0.6 is 23.4 Å². The van der Waals surface area contributed by atoms with Crippen molar-refractivity contribution >= 4 is 40.2 Å². The molecular weight excluding hydrogens is 518 g/mol. The predicted molar refractivity (Wildman–Crippen MR) is 144 cm³/mol. The van der Waals surface area contributed by atoms with Gasteiger partial charge in [0.15, 0.2) is 0 Å². The number of carboxylic acid groups (broad SMARTS) is 1. The zero-order valence-corrected chi connectivity index (χ0v) is 22.3. The van der Waals surface area contributed by atoms with Crippen LogP contribution in [0.25, 0.3) is 10.9 Å². The fourth-order valence-corrected chi connectivity index (χ4v) is 6.45. The zero-order chi connectivity index (χ0) is 26.4. The Hall–Kier alpha value is -2.42. The molecule has 0 radical (unpaired) electrons. The summed E-state index contributed by atoms with van der Waals surface area (Å²) in [5.74, 6) is -0.115. The lowest BCUT2D eigenvalue weighted by Crippen LogP contribution is -2.42. The molecule has 4 rings (SSSR count). The number of fused-ring (bicyclic) bond motifs is 1. The summed E-state index contributed by atoms with van der Waals surface area (Å²) in [6.45, 7) is 2.34. The van der Waals surface area contributed by atoms with E-state index >= 15 is 0 Å². The van der Waals surface area contributed by atoms with Crippen LogP contribution in [0.2, 0.25) is 5.02 Å². The molecule has 1 N–H and O–H groups in total. The highest BCUT2D eigenvalue weighted by molar-refractivity contribution is 7.99. The average Bonchev–Trinajstić information content (AvgIpc) is 2.85. The van der Waals surface area contributed by atoms with Gasteiger partial charge >= 0.3 is 5.97 Å². The number of aromatic nitrogens is 1. The average molecular weight is 549 g/mol. The van der Waals surface area contributed by atoms with E-state index in [2.05, 4.69) is 9.88 Å². The summed E-state index contributed by atoms with van der Waals surface area (Å²) in [5, 5.41) is 11.1. The molecular formula is C28H31ClF2N2O3S. The Morgan fingerprint density at radius 2 is 2.00 bits per heavy atom. The van der Waals surface area contributed by atoms with Crippen LogP contribution in [0, 0.1) is 23.5 Å². The van der Waals surface area contributed by atoms with Crippen molar-refractivity contribution in [2.75, 3.05) is 32.5 Å². The third-order valence-electron chi connectivity index (χ3n) is 7.06. The molecule has 2 aromatic carbocycles. The number of likely N-dealkylation sites (tertiary alicyclic amines) is 1. The molecule has 3 aromatic rings. The van der Waals surface area contributed by atoms with E-state index in [9.17, 15) is 18.7 Å². The summed E-state index contributed by atoms with van der Waals surface area (Å²) < 4.78 is 32.2. The minimum absolute atomic E-state index is 0.0626. The van der Waals surface area contributed by atoms with E-state index in [-0.39, 0.29) is 12.3 Å². The number of carboxylic acids is 1. The van der Waals surface area contributed by atoms with Gasteiger partial charge in [0.1, 0.15) is 17.4 Å². The SMILES string of the molecule is COc1ccc2ncc(Cl)c(CCC[C@@H]3CCN(CCSc4cc(F)cc(F)c4)C[C@@H]3CC(=O)O)c2c1. The second kappa shape index (κ2) is 12.9. The van der Waals surface area contributed by atoms with Crippen molar-refractivity contribution in [3.8, 4) is 5.75 Å². The minimum atomic E-state index is -0.781. The van der Waals surface area contributed by atoms with Gasteiger partial charge in [0.2, 0.25) is 0 Å². The monoisotopic (exact) mass is 548 g/mol. The summed E-state index contributed by atoms with van der Waals surface area (Å²) in [5.41, 5.74) is 1.92. The lowest BCUT2D eigenvalue weighted by atomic mass is 9.80. The first kappa shape index (κ1) is 27.6. The smallest absolute Gasteiger partial charge is 0.303 e. The van der Waals surface area contributed by atoms with Gasteiger partial charge in [0.05, 0.1) is 17.6 Å². The number of piperidine rings is 1. The first-order valence-corrected chi connectivity index (χ1v) is 13.8. The normalized spacial score (nSPS) is 18.3. The number of carbonyl (C=O) groups is 1. The molecule has 1 aliphatic rings. The molecule has 1 saturated heterocycles. The number of aliphatic carboxylic acids is 1. The molecule has 0 saturated carbocycles. The number of hydrogen-bond donors (Lipinski definition) is 1. The van der Waals surface area contributed by atoms with E-state index in [0.29, 0.717) is 28.1 Å². The van der Waals surface area contributed by atoms with E-state index in [0.717, 1.165) is 67.1 Å². The lowest BCUT2D eigenvalue weighted by Gasteiger charge is -2.38. The summed E-state index contributed by atoms with van der Waals surface area (Å²) >= 11 is 7.93. The van der Waals surface area contributed by atoms with Gasteiger partial charge in [-0.3, -0.25) is 9.78 Å². The highest BCUT2D eigenvalue weighted by Crippen LogP contribution is 2.33. The summed E-state index contributed by atoms with van der Waals surface area (Å²) in [6, 6.07) is 9.31. The third kappa shape index (κ3) is 7.55. The Kier molecular flexibility index (Phi) is 9.62. The van der Waals surface area contributed by atoms with Gasteiger partial charge in [0.25, 0.3) is 0 Å². The van der Waals surface area contributed by atoms with Crippen LogP contribution in [0.5, 0.6) is 5.75 Å². The Morgan fingerprint density at radius 1 is 1.22 bits per heavy atom. The number of aryl methyl sites for hydroxylation is 1. The van der Waals surface area contributed by atoms with Gasteiger partial charge in [-0.25, -0.2) is 8.78 Å². The molecule has 9 heteroatoms. The molecule has 2 atom stereocenters. The second-order valence-corrected chi connectivity index (χ2v) is 11.1. The molecule has 37 heavy (non-hydrogen) atoms. The molecule has 0 unspecified atom stereocenters. The molecule has 2 heterocycles. The number of nitrogens with zero attached hydrogens (tertiary/aromatic N) is 2. The molecule has 5 nitrogen and oxygen atoms in total. The number of hydrogen-bond acceptors (Lipinski definition) is 5. The molecule has 198 valence electrons. The number of benzene rings is 2. The van der Waals surface area contributed by atoms with Gasteiger partial charge < -0.3 is 14.7 Å². The van der Waals surface area contributed by atoms with Crippen molar-refractivity contribution in [2.24, 2.45) is 11.8 Å². The Balaban J connectivity index is 1.33. The molecule has 0 aliphatic carbocycles. The Bertz CT molecular complexity index is 1230. The van der Waals surface area contributed by atoms with Crippen molar-refractivity contribution in [3.63, 3.8) is 0 Å². The minimum Gasteiger partial charge on any atom is -0.497 e. The van der Waals surface area contributed by atoms with Crippen LogP contribution in [0.3, 0.4) is 0 Å². The molecule has 0 amide bonds. The van der Waals surface area contributed by atoms with E-state index in [1.54, 1.807) is 13.3 Å². The van der Waals surface area contributed by atoms with Gasteiger partial charge in [0, 0.05) is 47.8 Å². The van der Waals surface area contributed by atoms with Crippen molar-refractivity contribution < 1.29 is 23.4 Å². The number of rotatable bonds is 11. The topological polar surface area (TPSA) is 62.7 Å². The van der Waals surface area contributed by atoms with E-state index in [1.165, 1.54) is 23.9 Å².